The summed E-state index contributed by atoms with van der Waals surface area (Å²) in [4.78, 5) is 9.86. The van der Waals surface area contributed by atoms with Crippen LogP contribution in [0, 0.1) is 3.80 Å². The molecule has 0 radical (unpaired) electrons. The zero-order valence-electron chi connectivity index (χ0n) is 35.8. The molecule has 0 spiro atoms. The predicted molar refractivity (Wildman–Crippen MR) is 268 cm³/mol. The topological polar surface area (TPSA) is 54.7 Å². The van der Waals surface area contributed by atoms with Crippen LogP contribution < -0.4 is 4.74 Å². The Hall–Kier alpha value is -8.38. The first-order valence-electron chi connectivity index (χ1n) is 22.2. The first-order valence-corrected chi connectivity index (χ1v) is 23.4. The molecule has 5 aromatic heterocycles. The summed E-state index contributed by atoms with van der Waals surface area (Å²) < 4.78 is 17.1. The molecule has 0 N–H and O–H groups in total. The second kappa shape index (κ2) is 15.9. The Kier molecular flexibility index (Phi) is 9.29. The van der Waals surface area contributed by atoms with Gasteiger partial charge in [-0.05, 0) is 24.3 Å². The average Bonchev–Trinajstić information content (AvgIpc) is 4.01. The fraction of sp³-hybridized carbons (Fsp3) is 0. The monoisotopic (exact) mass is 1040 g/mol. The maximum atomic E-state index is 6.82. The molecule has 5 heterocycles. The van der Waals surface area contributed by atoms with Crippen LogP contribution in [0.5, 0.6) is 11.5 Å². The van der Waals surface area contributed by atoms with Gasteiger partial charge in [0.15, 0.2) is 0 Å². The minimum absolute atomic E-state index is 0.731. The molecule has 0 bridgehead atoms. The Morgan fingerprint density at radius 3 is 1.69 bits per heavy atom. The summed E-state index contributed by atoms with van der Waals surface area (Å²) in [5.41, 5.74) is 15.1. The summed E-state index contributed by atoms with van der Waals surface area (Å²) in [5.74, 6) is 2.28. The van der Waals surface area contributed by atoms with Crippen molar-refractivity contribution in [3.63, 3.8) is 0 Å². The van der Waals surface area contributed by atoms with Crippen LogP contribution in [0.1, 0.15) is 0 Å². The van der Waals surface area contributed by atoms with Crippen molar-refractivity contribution < 1.29 is 24.1 Å². The standard InChI is InChI=1S/C59H38N6O.Pt/c1-3-16-40(17-4-1)46-24-14-25-47(41-18-5-2-6-19-41)59(46)63-39-62(53-28-11-12-29-54(53)63)42-20-13-21-44(36-42)66-45-32-33-49-48-22-7-9-26-51(48)65(56(49)37-45)57-34-31-43(38-61-57)64-52-27-10-8-23-50(52)58-55(64)30-15-35-60-58;/h1-38H;. The molecule has 0 aliphatic heterocycles. The van der Waals surface area contributed by atoms with E-state index in [0.29, 0.717) is 0 Å². The molecule has 0 atom stereocenters. The van der Waals surface area contributed by atoms with E-state index in [1.165, 1.54) is 0 Å². The Morgan fingerprint density at radius 2 is 0.970 bits per heavy atom. The molecule has 0 aliphatic carbocycles. The van der Waals surface area contributed by atoms with Gasteiger partial charge in [0.25, 0.3) is 0 Å². The van der Waals surface area contributed by atoms with Crippen LogP contribution in [0.15, 0.2) is 231 Å². The van der Waals surface area contributed by atoms with E-state index in [0.717, 1.165) is 115 Å². The van der Waals surface area contributed by atoms with Gasteiger partial charge in [0, 0.05) is 11.6 Å². The molecule has 0 saturated carbocycles. The van der Waals surface area contributed by atoms with Gasteiger partial charge in [0.1, 0.15) is 0 Å². The van der Waals surface area contributed by atoms with E-state index in [9.17, 15) is 0 Å². The summed E-state index contributed by atoms with van der Waals surface area (Å²) in [7, 11) is 0. The molecule has 67 heavy (non-hydrogen) atoms. The Balaban J connectivity index is 0.906. The van der Waals surface area contributed by atoms with Crippen LogP contribution in [-0.4, -0.2) is 28.2 Å². The number of hydrogen-bond donors (Lipinski definition) is 0. The Bertz CT molecular complexity index is 3980. The molecule has 320 valence electrons. The van der Waals surface area contributed by atoms with Crippen LogP contribution in [0.25, 0.3) is 99.9 Å². The van der Waals surface area contributed by atoms with Crippen molar-refractivity contribution in [2.24, 2.45) is 0 Å². The molecule has 0 saturated heterocycles. The molecule has 8 aromatic carbocycles. The fourth-order valence-electron chi connectivity index (χ4n) is 9.84. The van der Waals surface area contributed by atoms with E-state index in [1.54, 1.807) is 0 Å². The second-order valence-electron chi connectivity index (χ2n) is 16.6. The average molecular weight is 1040 g/mol. The predicted octanol–water partition coefficient (Wildman–Crippen LogP) is 14.6. The zero-order valence-corrected chi connectivity index (χ0v) is 38.1. The first kappa shape index (κ1) is 39.0. The van der Waals surface area contributed by atoms with Gasteiger partial charge in [0.05, 0.1) is 28.4 Å². The number of imidazole rings is 1. The third-order valence-electron chi connectivity index (χ3n) is 12.7. The molecule has 7 nitrogen and oxygen atoms in total. The molecule has 13 rings (SSSR count). The van der Waals surface area contributed by atoms with Crippen molar-refractivity contribution in [1.29, 1.82) is 0 Å². The Labute approximate surface area is 396 Å². The number of hydrogen-bond acceptors (Lipinski definition) is 3. The fourth-order valence-corrected chi connectivity index (χ4v) is 10.9. The van der Waals surface area contributed by atoms with Crippen LogP contribution in [0.2, 0.25) is 0 Å². The molecule has 0 amide bonds. The quantitative estimate of drug-likeness (QED) is 0.152. The van der Waals surface area contributed by atoms with Crippen molar-refractivity contribution in [1.82, 2.24) is 28.2 Å². The minimum atomic E-state index is 0.731. The summed E-state index contributed by atoms with van der Waals surface area (Å²) in [6, 6.07) is 76.6. The number of ether oxygens (including phenoxy) is 1. The van der Waals surface area contributed by atoms with Crippen LogP contribution in [0.3, 0.4) is 0 Å². The third kappa shape index (κ3) is 6.42. The van der Waals surface area contributed by atoms with Gasteiger partial charge in [-0.1, -0.05) is 30.3 Å². The van der Waals surface area contributed by atoms with E-state index in [4.69, 9.17) is 14.7 Å². The van der Waals surface area contributed by atoms with Crippen molar-refractivity contribution in [2.75, 3.05) is 0 Å². The molecular weight excluding hydrogens is 1000 g/mol. The number of benzene rings is 8. The third-order valence-corrected chi connectivity index (χ3v) is 13.8. The van der Waals surface area contributed by atoms with Gasteiger partial charge in [-0.15, -0.1) is 0 Å². The van der Waals surface area contributed by atoms with Crippen molar-refractivity contribution >= 4 is 54.8 Å². The SMILES string of the molecule is [Pt]=[c]1n(-c2cccc(Oc3ccc4c5ccccc5n(-c5ccc(-n6c7ccccc7c7ncccc76)cn5)c4c3)c2)c2ccccc2n1-c1c(-c2ccccc2)cccc1-c1ccccc1. The maximum absolute atomic E-state index is 6.82. The molecule has 0 unspecified atom stereocenters. The Morgan fingerprint density at radius 1 is 0.373 bits per heavy atom. The van der Waals surface area contributed by atoms with Gasteiger partial charge in [-0.25, -0.2) is 0 Å². The molecular formula is C59H38N6OPt. The van der Waals surface area contributed by atoms with Gasteiger partial charge < -0.3 is 4.57 Å². The number of aromatic nitrogens is 6. The molecule has 0 aliphatic rings. The summed E-state index contributed by atoms with van der Waals surface area (Å²) in [6.45, 7) is 0. The van der Waals surface area contributed by atoms with E-state index < -0.39 is 0 Å². The molecule has 0 fully saturated rings. The number of fused-ring (bicyclic) bond motifs is 7. The van der Waals surface area contributed by atoms with E-state index >= 15 is 0 Å². The van der Waals surface area contributed by atoms with Gasteiger partial charge >= 0.3 is 294 Å². The van der Waals surface area contributed by atoms with Crippen LogP contribution >= 0.6 is 0 Å². The van der Waals surface area contributed by atoms with E-state index in [2.05, 4.69) is 244 Å². The number of rotatable bonds is 8. The summed E-state index contributed by atoms with van der Waals surface area (Å²) in [5, 5.41) is 3.39. The van der Waals surface area contributed by atoms with E-state index in [1.807, 2.05) is 24.5 Å². The van der Waals surface area contributed by atoms with Crippen LogP contribution in [0.4, 0.5) is 0 Å². The zero-order chi connectivity index (χ0) is 44.4. The van der Waals surface area contributed by atoms with Gasteiger partial charge in [0.2, 0.25) is 0 Å². The first-order chi connectivity index (χ1) is 33.2. The number of para-hydroxylation sites is 5. The van der Waals surface area contributed by atoms with E-state index in [-0.39, 0.29) is 0 Å². The van der Waals surface area contributed by atoms with Crippen molar-refractivity contribution in [2.45, 2.75) is 0 Å². The van der Waals surface area contributed by atoms with Crippen LogP contribution in [-0.2, 0) is 19.4 Å². The summed E-state index contributed by atoms with van der Waals surface area (Å²) in [6.07, 6.45) is 3.81. The summed E-state index contributed by atoms with van der Waals surface area (Å²) >= 11 is 2.49. The van der Waals surface area contributed by atoms with Crippen molar-refractivity contribution in [3.8, 4) is 56.6 Å². The number of nitrogens with zero attached hydrogens (tertiary/aromatic N) is 6. The molecule has 8 heteroatoms. The van der Waals surface area contributed by atoms with Gasteiger partial charge in [-0.3, -0.25) is 4.98 Å². The van der Waals surface area contributed by atoms with Gasteiger partial charge in [-0.2, -0.15) is 0 Å². The normalized spacial score (nSPS) is 11.7. The molecule has 13 aromatic rings. The second-order valence-corrected chi connectivity index (χ2v) is 17.6. The van der Waals surface area contributed by atoms with Crippen molar-refractivity contribution in [3.05, 3.63) is 235 Å². The number of pyridine rings is 2.